The lowest BCUT2D eigenvalue weighted by molar-refractivity contribution is -0.123. The second kappa shape index (κ2) is 8.11. The zero-order valence-corrected chi connectivity index (χ0v) is 13.8. The van der Waals surface area contributed by atoms with Crippen molar-refractivity contribution in [3.05, 3.63) is 0 Å². The molecule has 5 heteroatoms. The molecule has 0 bridgehead atoms. The Labute approximate surface area is 129 Å². The highest BCUT2D eigenvalue weighted by atomic mass is 16.5. The minimum absolute atomic E-state index is 0.114. The zero-order chi connectivity index (χ0) is 15.2. The molecule has 0 unspecified atom stereocenters. The van der Waals surface area contributed by atoms with Crippen molar-refractivity contribution in [1.29, 1.82) is 0 Å². The fraction of sp³-hybridized carbons (Fsp3) is 0.938. The van der Waals surface area contributed by atoms with Gasteiger partial charge in [-0.2, -0.15) is 0 Å². The molecule has 1 heterocycles. The van der Waals surface area contributed by atoms with Crippen molar-refractivity contribution in [3.8, 4) is 0 Å². The van der Waals surface area contributed by atoms with Crippen LogP contribution in [-0.4, -0.2) is 74.7 Å². The van der Waals surface area contributed by atoms with Crippen LogP contribution >= 0.6 is 0 Å². The van der Waals surface area contributed by atoms with E-state index >= 15 is 0 Å². The van der Waals surface area contributed by atoms with Crippen LogP contribution in [0.2, 0.25) is 0 Å². The van der Waals surface area contributed by atoms with E-state index in [2.05, 4.69) is 29.0 Å². The highest BCUT2D eigenvalue weighted by Gasteiger charge is 2.24. The van der Waals surface area contributed by atoms with Gasteiger partial charge < -0.3 is 10.1 Å². The van der Waals surface area contributed by atoms with Gasteiger partial charge in [0.1, 0.15) is 0 Å². The molecular weight excluding hydrogens is 266 g/mol. The summed E-state index contributed by atoms with van der Waals surface area (Å²) < 4.78 is 5.75. The molecule has 122 valence electrons. The van der Waals surface area contributed by atoms with Crippen molar-refractivity contribution in [2.24, 2.45) is 11.8 Å². The molecule has 0 aromatic carbocycles. The van der Waals surface area contributed by atoms with Crippen LogP contribution in [0.4, 0.5) is 0 Å². The molecule has 2 fully saturated rings. The molecular formula is C16H31N3O2. The third-order valence-corrected chi connectivity index (χ3v) is 4.05. The van der Waals surface area contributed by atoms with Gasteiger partial charge in [-0.3, -0.25) is 14.6 Å². The van der Waals surface area contributed by atoms with Gasteiger partial charge in [0.2, 0.25) is 5.91 Å². The molecule has 5 nitrogen and oxygen atoms in total. The largest absolute Gasteiger partial charge is 0.374 e. The van der Waals surface area contributed by atoms with Gasteiger partial charge >= 0.3 is 0 Å². The van der Waals surface area contributed by atoms with Crippen LogP contribution < -0.4 is 5.32 Å². The molecule has 1 aliphatic carbocycles. The standard InChI is InChI=1S/C16H31N3O2/c1-13(2)9-19-6-7-21-15(11-19)8-17-16(20)12-18(3)10-14-4-5-14/h13-15H,4-12H2,1-3H3,(H,17,20)/t15-/m0/s1. The zero-order valence-electron chi connectivity index (χ0n) is 13.8. The van der Waals surface area contributed by atoms with Crippen LogP contribution in [0.15, 0.2) is 0 Å². The van der Waals surface area contributed by atoms with Crippen LogP contribution in [0, 0.1) is 11.8 Å². The Balaban J connectivity index is 1.61. The topological polar surface area (TPSA) is 44.8 Å². The van der Waals surface area contributed by atoms with Gasteiger partial charge in [0.15, 0.2) is 0 Å². The Morgan fingerprint density at radius 2 is 2.19 bits per heavy atom. The molecule has 0 radical (unpaired) electrons. The smallest absolute Gasteiger partial charge is 0.234 e. The number of likely N-dealkylation sites (N-methyl/N-ethyl adjacent to an activating group) is 1. The summed E-state index contributed by atoms with van der Waals surface area (Å²) in [5.74, 6) is 1.62. The fourth-order valence-corrected chi connectivity index (χ4v) is 2.92. The summed E-state index contributed by atoms with van der Waals surface area (Å²) in [5.41, 5.74) is 0. The number of carbonyl (C=O) groups is 1. The number of rotatable bonds is 8. The van der Waals surface area contributed by atoms with E-state index in [9.17, 15) is 4.79 Å². The number of morpholine rings is 1. The monoisotopic (exact) mass is 297 g/mol. The van der Waals surface area contributed by atoms with Gasteiger partial charge in [0.25, 0.3) is 0 Å². The first kappa shape index (κ1) is 16.7. The summed E-state index contributed by atoms with van der Waals surface area (Å²) in [6.45, 7) is 10.5. The number of nitrogens with zero attached hydrogens (tertiary/aromatic N) is 2. The molecule has 1 saturated heterocycles. The molecule has 1 saturated carbocycles. The minimum atomic E-state index is 0.114. The van der Waals surface area contributed by atoms with E-state index in [1.807, 2.05) is 7.05 Å². The summed E-state index contributed by atoms with van der Waals surface area (Å²) in [7, 11) is 2.03. The summed E-state index contributed by atoms with van der Waals surface area (Å²) in [6, 6.07) is 0. The Bertz CT molecular complexity index is 331. The molecule has 1 amide bonds. The molecule has 1 aliphatic heterocycles. The van der Waals surface area contributed by atoms with E-state index in [1.54, 1.807) is 0 Å². The summed E-state index contributed by atoms with van der Waals surface area (Å²) >= 11 is 0. The average Bonchev–Trinajstić information content (AvgIpc) is 3.19. The van der Waals surface area contributed by atoms with Gasteiger partial charge in [-0.1, -0.05) is 13.8 Å². The number of hydrogen-bond acceptors (Lipinski definition) is 4. The Morgan fingerprint density at radius 3 is 2.86 bits per heavy atom. The molecule has 0 spiro atoms. The van der Waals surface area contributed by atoms with E-state index in [0.29, 0.717) is 19.0 Å². The van der Waals surface area contributed by atoms with Crippen molar-refractivity contribution in [1.82, 2.24) is 15.1 Å². The summed E-state index contributed by atoms with van der Waals surface area (Å²) in [5, 5.41) is 3.02. The molecule has 2 rings (SSSR count). The van der Waals surface area contributed by atoms with Gasteiger partial charge in [-0.15, -0.1) is 0 Å². The van der Waals surface area contributed by atoms with Gasteiger partial charge in [-0.05, 0) is 31.7 Å². The van der Waals surface area contributed by atoms with Crippen LogP contribution in [0.1, 0.15) is 26.7 Å². The van der Waals surface area contributed by atoms with Crippen molar-refractivity contribution < 1.29 is 9.53 Å². The van der Waals surface area contributed by atoms with Crippen molar-refractivity contribution >= 4 is 5.91 Å². The highest BCUT2D eigenvalue weighted by Crippen LogP contribution is 2.29. The number of amides is 1. The predicted molar refractivity (Wildman–Crippen MR) is 84.2 cm³/mol. The van der Waals surface area contributed by atoms with Gasteiger partial charge in [0.05, 0.1) is 19.3 Å². The Kier molecular flexibility index (Phi) is 6.45. The quantitative estimate of drug-likeness (QED) is 0.720. The maximum absolute atomic E-state index is 11.9. The second-order valence-corrected chi connectivity index (χ2v) is 7.09. The maximum Gasteiger partial charge on any atom is 0.234 e. The lowest BCUT2D eigenvalue weighted by Crippen LogP contribution is -2.49. The third-order valence-electron chi connectivity index (χ3n) is 4.05. The normalized spacial score (nSPS) is 23.8. The predicted octanol–water partition coefficient (Wildman–Crippen LogP) is 0.801. The van der Waals surface area contributed by atoms with E-state index in [0.717, 1.165) is 38.7 Å². The number of carbonyl (C=O) groups excluding carboxylic acids is 1. The Hall–Kier alpha value is -0.650. The SMILES string of the molecule is CC(C)CN1CCO[C@@H](CNC(=O)CN(C)CC2CC2)C1. The van der Waals surface area contributed by atoms with Crippen molar-refractivity contribution in [3.63, 3.8) is 0 Å². The molecule has 0 aromatic heterocycles. The fourth-order valence-electron chi connectivity index (χ4n) is 2.92. The van der Waals surface area contributed by atoms with Gasteiger partial charge in [-0.25, -0.2) is 0 Å². The van der Waals surface area contributed by atoms with E-state index in [-0.39, 0.29) is 12.0 Å². The molecule has 1 atom stereocenters. The van der Waals surface area contributed by atoms with Gasteiger partial charge in [0, 0.05) is 32.7 Å². The molecule has 1 N–H and O–H groups in total. The average molecular weight is 297 g/mol. The summed E-state index contributed by atoms with van der Waals surface area (Å²) in [6.07, 6.45) is 2.79. The minimum Gasteiger partial charge on any atom is -0.374 e. The first-order chi connectivity index (χ1) is 10.0. The highest BCUT2D eigenvalue weighted by molar-refractivity contribution is 5.78. The van der Waals surface area contributed by atoms with Crippen LogP contribution in [-0.2, 0) is 9.53 Å². The summed E-state index contributed by atoms with van der Waals surface area (Å²) in [4.78, 5) is 16.5. The second-order valence-electron chi connectivity index (χ2n) is 7.09. The lowest BCUT2D eigenvalue weighted by atomic mass is 10.2. The number of hydrogen-bond donors (Lipinski definition) is 1. The third kappa shape index (κ3) is 6.76. The lowest BCUT2D eigenvalue weighted by Gasteiger charge is -2.34. The number of nitrogens with one attached hydrogen (secondary N) is 1. The van der Waals surface area contributed by atoms with Crippen molar-refractivity contribution in [2.45, 2.75) is 32.8 Å². The van der Waals surface area contributed by atoms with E-state index in [4.69, 9.17) is 4.74 Å². The molecule has 2 aliphatic rings. The van der Waals surface area contributed by atoms with E-state index in [1.165, 1.54) is 12.8 Å². The first-order valence-corrected chi connectivity index (χ1v) is 8.32. The molecule has 21 heavy (non-hydrogen) atoms. The van der Waals surface area contributed by atoms with E-state index < -0.39 is 0 Å². The molecule has 0 aromatic rings. The van der Waals surface area contributed by atoms with Crippen LogP contribution in [0.5, 0.6) is 0 Å². The number of ether oxygens (including phenoxy) is 1. The van der Waals surface area contributed by atoms with Crippen molar-refractivity contribution in [2.75, 3.05) is 52.9 Å². The van der Waals surface area contributed by atoms with Crippen LogP contribution in [0.25, 0.3) is 0 Å². The first-order valence-electron chi connectivity index (χ1n) is 8.32. The Morgan fingerprint density at radius 1 is 1.43 bits per heavy atom. The van der Waals surface area contributed by atoms with Crippen LogP contribution in [0.3, 0.4) is 0 Å². The maximum atomic E-state index is 11.9.